The summed E-state index contributed by atoms with van der Waals surface area (Å²) < 4.78 is 0. The van der Waals surface area contributed by atoms with Gasteiger partial charge in [-0.3, -0.25) is 5.10 Å². The van der Waals surface area contributed by atoms with Crippen LogP contribution in [0.2, 0.25) is 0 Å². The van der Waals surface area contributed by atoms with E-state index in [1.54, 1.807) is 0 Å². The quantitative estimate of drug-likeness (QED) is 0.713. The van der Waals surface area contributed by atoms with Crippen molar-refractivity contribution in [3.8, 4) is 0 Å². The van der Waals surface area contributed by atoms with Gasteiger partial charge in [0.25, 0.3) is 0 Å². The zero-order chi connectivity index (χ0) is 9.38. The minimum atomic E-state index is 0.739. The van der Waals surface area contributed by atoms with Crippen molar-refractivity contribution in [1.82, 2.24) is 15.5 Å². The Labute approximate surface area is 84.3 Å². The Balaban J connectivity index is 1.88. The van der Waals surface area contributed by atoms with Crippen LogP contribution in [0, 0.1) is 0 Å². The molecule has 0 amide bonds. The maximum atomic E-state index is 4.50. The lowest BCUT2D eigenvalue weighted by atomic mass is 9.85. The Kier molecular flexibility index (Phi) is 2.05. The van der Waals surface area contributed by atoms with E-state index in [9.17, 15) is 0 Å². The fraction of sp³-hybridized carbons (Fsp3) is 0.727. The summed E-state index contributed by atoms with van der Waals surface area (Å²) in [6, 6.07) is 0. The molecule has 0 radical (unpaired) electrons. The third kappa shape index (κ3) is 1.27. The van der Waals surface area contributed by atoms with Crippen molar-refractivity contribution in [2.45, 2.75) is 51.1 Å². The molecule has 14 heavy (non-hydrogen) atoms. The van der Waals surface area contributed by atoms with E-state index in [0.717, 1.165) is 19.0 Å². The summed E-state index contributed by atoms with van der Waals surface area (Å²) in [5.74, 6) is 0.739. The fourth-order valence-corrected chi connectivity index (χ4v) is 2.79. The lowest BCUT2D eigenvalue weighted by Crippen LogP contribution is -2.09. The Morgan fingerprint density at radius 2 is 1.93 bits per heavy atom. The molecule has 0 aromatic carbocycles. The normalized spacial score (nSPS) is 22.6. The second-order valence-corrected chi connectivity index (χ2v) is 4.50. The molecule has 1 aromatic rings. The molecule has 0 atom stereocenters. The monoisotopic (exact) mass is 191 g/mol. The number of nitrogens with one attached hydrogen (secondary N) is 2. The van der Waals surface area contributed by atoms with Gasteiger partial charge in [0.2, 0.25) is 0 Å². The van der Waals surface area contributed by atoms with Crippen LogP contribution in [0.15, 0.2) is 0 Å². The molecule has 76 valence electrons. The molecule has 0 saturated heterocycles. The van der Waals surface area contributed by atoms with Gasteiger partial charge in [0.1, 0.15) is 0 Å². The van der Waals surface area contributed by atoms with E-state index in [2.05, 4.69) is 15.5 Å². The third-order valence-electron chi connectivity index (χ3n) is 3.58. The van der Waals surface area contributed by atoms with Crippen molar-refractivity contribution in [3.05, 3.63) is 17.0 Å². The number of hydrogen-bond donors (Lipinski definition) is 2. The number of aromatic amines is 1. The average molecular weight is 191 g/mol. The molecule has 0 bridgehead atoms. The SMILES string of the molecule is C1CCC(c2n[nH]c3c2CNC3)CC1. The van der Waals surface area contributed by atoms with Gasteiger partial charge in [-0.05, 0) is 12.8 Å². The first kappa shape index (κ1) is 8.48. The Morgan fingerprint density at radius 3 is 2.79 bits per heavy atom. The Morgan fingerprint density at radius 1 is 1.07 bits per heavy atom. The minimum absolute atomic E-state index is 0.739. The number of fused-ring (bicyclic) bond motifs is 1. The van der Waals surface area contributed by atoms with E-state index in [0.29, 0.717) is 0 Å². The van der Waals surface area contributed by atoms with Crippen LogP contribution < -0.4 is 5.32 Å². The topological polar surface area (TPSA) is 40.7 Å². The highest BCUT2D eigenvalue weighted by molar-refractivity contribution is 5.31. The molecular formula is C11H17N3. The van der Waals surface area contributed by atoms with Crippen LogP contribution in [-0.4, -0.2) is 10.2 Å². The van der Waals surface area contributed by atoms with E-state index >= 15 is 0 Å². The molecule has 1 fully saturated rings. The second kappa shape index (κ2) is 3.39. The Hall–Kier alpha value is -0.830. The van der Waals surface area contributed by atoms with Gasteiger partial charge < -0.3 is 5.32 Å². The summed E-state index contributed by atoms with van der Waals surface area (Å²) in [7, 11) is 0. The number of rotatable bonds is 1. The van der Waals surface area contributed by atoms with E-state index in [-0.39, 0.29) is 0 Å². The van der Waals surface area contributed by atoms with Crippen molar-refractivity contribution in [3.63, 3.8) is 0 Å². The van der Waals surface area contributed by atoms with Crippen LogP contribution in [0.4, 0.5) is 0 Å². The molecule has 3 heteroatoms. The Bertz CT molecular complexity index is 323. The lowest BCUT2D eigenvalue weighted by Gasteiger charge is -2.20. The van der Waals surface area contributed by atoms with Gasteiger partial charge in [-0.2, -0.15) is 5.10 Å². The summed E-state index contributed by atoms with van der Waals surface area (Å²) in [5.41, 5.74) is 4.16. The van der Waals surface area contributed by atoms with Gasteiger partial charge in [-0.1, -0.05) is 19.3 Å². The van der Waals surface area contributed by atoms with E-state index in [1.807, 2.05) is 0 Å². The van der Waals surface area contributed by atoms with E-state index in [4.69, 9.17) is 0 Å². The van der Waals surface area contributed by atoms with Crippen molar-refractivity contribution in [1.29, 1.82) is 0 Å². The maximum absolute atomic E-state index is 4.50. The molecule has 0 unspecified atom stereocenters. The largest absolute Gasteiger partial charge is 0.307 e. The maximum Gasteiger partial charge on any atom is 0.0701 e. The predicted octanol–water partition coefficient (Wildman–Crippen LogP) is 2.06. The summed E-state index contributed by atoms with van der Waals surface area (Å²) in [5, 5.41) is 11.0. The molecule has 2 N–H and O–H groups in total. The van der Waals surface area contributed by atoms with E-state index in [1.165, 1.54) is 49.1 Å². The van der Waals surface area contributed by atoms with Gasteiger partial charge >= 0.3 is 0 Å². The predicted molar refractivity (Wildman–Crippen MR) is 55.0 cm³/mol. The first-order chi connectivity index (χ1) is 6.95. The molecule has 1 aromatic heterocycles. The third-order valence-corrected chi connectivity index (χ3v) is 3.58. The van der Waals surface area contributed by atoms with Gasteiger partial charge in [0.15, 0.2) is 0 Å². The fourth-order valence-electron chi connectivity index (χ4n) is 2.79. The van der Waals surface area contributed by atoms with Crippen LogP contribution in [0.25, 0.3) is 0 Å². The average Bonchev–Trinajstić information content (AvgIpc) is 2.79. The van der Waals surface area contributed by atoms with Gasteiger partial charge in [-0.15, -0.1) is 0 Å². The summed E-state index contributed by atoms with van der Waals surface area (Å²) in [4.78, 5) is 0. The van der Waals surface area contributed by atoms with E-state index < -0.39 is 0 Å². The van der Waals surface area contributed by atoms with Crippen LogP contribution in [0.3, 0.4) is 0 Å². The number of aromatic nitrogens is 2. The molecule has 3 rings (SSSR count). The smallest absolute Gasteiger partial charge is 0.0701 e. The van der Waals surface area contributed by atoms with Crippen molar-refractivity contribution < 1.29 is 0 Å². The molecular weight excluding hydrogens is 174 g/mol. The zero-order valence-corrected chi connectivity index (χ0v) is 8.47. The van der Waals surface area contributed by atoms with Crippen LogP contribution in [-0.2, 0) is 13.1 Å². The molecule has 1 aliphatic carbocycles. The number of hydrogen-bond acceptors (Lipinski definition) is 2. The highest BCUT2D eigenvalue weighted by Crippen LogP contribution is 2.34. The van der Waals surface area contributed by atoms with Gasteiger partial charge in [-0.25, -0.2) is 0 Å². The second-order valence-electron chi connectivity index (χ2n) is 4.50. The molecule has 1 aliphatic heterocycles. The number of H-pyrrole nitrogens is 1. The molecule has 2 heterocycles. The summed E-state index contributed by atoms with van der Waals surface area (Å²) in [6.45, 7) is 2.01. The number of nitrogens with zero attached hydrogens (tertiary/aromatic N) is 1. The highest BCUT2D eigenvalue weighted by Gasteiger charge is 2.25. The van der Waals surface area contributed by atoms with Crippen LogP contribution in [0.5, 0.6) is 0 Å². The van der Waals surface area contributed by atoms with Gasteiger partial charge in [0, 0.05) is 24.6 Å². The van der Waals surface area contributed by atoms with Gasteiger partial charge in [0.05, 0.1) is 11.4 Å². The molecule has 0 spiro atoms. The lowest BCUT2D eigenvalue weighted by molar-refractivity contribution is 0.433. The summed E-state index contributed by atoms with van der Waals surface area (Å²) >= 11 is 0. The molecule has 2 aliphatic rings. The molecule has 3 nitrogen and oxygen atoms in total. The summed E-state index contributed by atoms with van der Waals surface area (Å²) in [6.07, 6.45) is 6.88. The zero-order valence-electron chi connectivity index (χ0n) is 8.47. The standard InChI is InChI=1S/C11H17N3/c1-2-4-8(5-3-1)11-9-6-12-7-10(9)13-14-11/h8,12H,1-7H2,(H,13,14). The highest BCUT2D eigenvalue weighted by atomic mass is 15.2. The molecule has 1 saturated carbocycles. The first-order valence-corrected chi connectivity index (χ1v) is 5.72. The minimum Gasteiger partial charge on any atom is -0.307 e. The van der Waals surface area contributed by atoms with Crippen LogP contribution >= 0.6 is 0 Å². The van der Waals surface area contributed by atoms with Crippen molar-refractivity contribution in [2.24, 2.45) is 0 Å². The van der Waals surface area contributed by atoms with Crippen molar-refractivity contribution >= 4 is 0 Å². The van der Waals surface area contributed by atoms with Crippen LogP contribution in [0.1, 0.15) is 55.0 Å². The first-order valence-electron chi connectivity index (χ1n) is 5.72. The van der Waals surface area contributed by atoms with Crippen molar-refractivity contribution in [2.75, 3.05) is 0 Å².